The summed E-state index contributed by atoms with van der Waals surface area (Å²) in [7, 11) is 3.32. The van der Waals surface area contributed by atoms with E-state index in [-0.39, 0.29) is 5.91 Å². The molecular formula is C23H25N3O3S. The summed E-state index contributed by atoms with van der Waals surface area (Å²) in [5.41, 5.74) is 5.27. The zero-order valence-corrected chi connectivity index (χ0v) is 18.2. The molecule has 156 valence electrons. The van der Waals surface area contributed by atoms with Crippen LogP contribution >= 0.6 is 11.3 Å². The first kappa shape index (κ1) is 20.4. The van der Waals surface area contributed by atoms with Gasteiger partial charge >= 0.3 is 0 Å². The number of hydrogen-bond acceptors (Lipinski definition) is 6. The molecule has 0 spiro atoms. The number of ether oxygens (including phenoxy) is 2. The highest BCUT2D eigenvalue weighted by molar-refractivity contribution is 7.13. The lowest BCUT2D eigenvalue weighted by molar-refractivity contribution is 0.102. The normalized spacial score (nSPS) is 13.6. The number of methoxy groups -OCH3 is 2. The Bertz CT molecular complexity index is 1050. The molecule has 0 atom stereocenters. The van der Waals surface area contributed by atoms with Crippen LogP contribution in [0.4, 0.5) is 5.13 Å². The van der Waals surface area contributed by atoms with Crippen LogP contribution in [-0.4, -0.2) is 36.6 Å². The van der Waals surface area contributed by atoms with Crippen LogP contribution in [-0.2, 0) is 19.5 Å². The number of nitrogens with zero attached hydrogens (tertiary/aromatic N) is 2. The highest BCUT2D eigenvalue weighted by Crippen LogP contribution is 2.33. The minimum Gasteiger partial charge on any atom is -0.493 e. The molecule has 0 unspecified atom stereocenters. The van der Waals surface area contributed by atoms with Gasteiger partial charge in [0.1, 0.15) is 0 Å². The van der Waals surface area contributed by atoms with E-state index in [1.807, 2.05) is 36.6 Å². The lowest BCUT2D eigenvalue weighted by Crippen LogP contribution is -2.30. The van der Waals surface area contributed by atoms with Gasteiger partial charge in [-0.3, -0.25) is 15.0 Å². The summed E-state index contributed by atoms with van der Waals surface area (Å²) in [6.45, 7) is 4.52. The van der Waals surface area contributed by atoms with Crippen LogP contribution in [0.3, 0.4) is 0 Å². The van der Waals surface area contributed by atoms with Gasteiger partial charge in [0.05, 0.1) is 19.9 Å². The van der Waals surface area contributed by atoms with Crippen LogP contribution in [0, 0.1) is 6.92 Å². The Kier molecular flexibility index (Phi) is 6.01. The van der Waals surface area contributed by atoms with E-state index in [4.69, 9.17) is 9.47 Å². The molecule has 1 aromatic heterocycles. The third-order valence-corrected chi connectivity index (χ3v) is 6.08. The number of aromatic nitrogens is 1. The van der Waals surface area contributed by atoms with Crippen molar-refractivity contribution in [2.45, 2.75) is 26.4 Å². The lowest BCUT2D eigenvalue weighted by Gasteiger charge is -2.29. The van der Waals surface area contributed by atoms with E-state index in [9.17, 15) is 4.79 Å². The number of rotatable bonds is 6. The number of thiazole rings is 1. The molecular weight excluding hydrogens is 398 g/mol. The van der Waals surface area contributed by atoms with E-state index in [1.54, 1.807) is 14.2 Å². The second-order valence-electron chi connectivity index (χ2n) is 7.40. The predicted molar refractivity (Wildman–Crippen MR) is 119 cm³/mol. The summed E-state index contributed by atoms with van der Waals surface area (Å²) in [5, 5.41) is 5.53. The van der Waals surface area contributed by atoms with Crippen molar-refractivity contribution in [1.82, 2.24) is 9.88 Å². The van der Waals surface area contributed by atoms with Crippen molar-refractivity contribution in [3.63, 3.8) is 0 Å². The maximum atomic E-state index is 12.4. The Balaban J connectivity index is 1.39. The fraction of sp³-hybridized carbons (Fsp3) is 0.304. The Hall–Kier alpha value is -2.90. The van der Waals surface area contributed by atoms with Crippen molar-refractivity contribution in [2.75, 3.05) is 26.1 Å². The quantitative estimate of drug-likeness (QED) is 0.641. The molecule has 30 heavy (non-hydrogen) atoms. The number of carbonyl (C=O) groups excluding carboxylic acids is 1. The molecule has 1 N–H and O–H groups in total. The molecule has 1 amide bonds. The first-order valence-corrected chi connectivity index (χ1v) is 10.7. The molecule has 0 saturated carbocycles. The lowest BCUT2D eigenvalue weighted by atomic mass is 9.98. The number of hydrogen-bond donors (Lipinski definition) is 1. The largest absolute Gasteiger partial charge is 0.493 e. The van der Waals surface area contributed by atoms with Gasteiger partial charge in [-0.2, -0.15) is 0 Å². The Labute approximate surface area is 180 Å². The fourth-order valence-corrected chi connectivity index (χ4v) is 4.31. The summed E-state index contributed by atoms with van der Waals surface area (Å²) >= 11 is 1.45. The third-order valence-electron chi connectivity index (χ3n) is 5.27. The van der Waals surface area contributed by atoms with Crippen molar-refractivity contribution >= 4 is 22.4 Å². The van der Waals surface area contributed by atoms with E-state index in [0.29, 0.717) is 10.7 Å². The van der Waals surface area contributed by atoms with Crippen molar-refractivity contribution in [3.8, 4) is 11.5 Å². The summed E-state index contributed by atoms with van der Waals surface area (Å²) < 4.78 is 10.9. The number of fused-ring (bicyclic) bond motifs is 1. The SMILES string of the molecule is COc1cc2c(cc1OC)CN(Cc1csc(NC(=O)c3ccc(C)cc3)n1)CC2. The summed E-state index contributed by atoms with van der Waals surface area (Å²) in [6.07, 6.45) is 0.955. The fourth-order valence-electron chi connectivity index (χ4n) is 3.62. The van der Waals surface area contributed by atoms with Gasteiger partial charge in [-0.05, 0) is 48.7 Å². The van der Waals surface area contributed by atoms with Gasteiger partial charge < -0.3 is 9.47 Å². The molecule has 1 aliphatic heterocycles. The zero-order chi connectivity index (χ0) is 21.1. The number of amides is 1. The van der Waals surface area contributed by atoms with E-state index >= 15 is 0 Å². The van der Waals surface area contributed by atoms with E-state index in [1.165, 1.54) is 22.5 Å². The number of anilines is 1. The topological polar surface area (TPSA) is 63.7 Å². The first-order chi connectivity index (χ1) is 14.6. The number of benzene rings is 2. The number of aryl methyl sites for hydroxylation is 1. The summed E-state index contributed by atoms with van der Waals surface area (Å²) in [6, 6.07) is 11.7. The highest BCUT2D eigenvalue weighted by atomic mass is 32.1. The van der Waals surface area contributed by atoms with Crippen LogP contribution in [0.5, 0.6) is 11.5 Å². The van der Waals surface area contributed by atoms with Gasteiger partial charge in [0.2, 0.25) is 0 Å². The molecule has 2 heterocycles. The second-order valence-corrected chi connectivity index (χ2v) is 8.26. The van der Waals surface area contributed by atoms with Crippen LogP contribution in [0.2, 0.25) is 0 Å². The van der Waals surface area contributed by atoms with Crippen LogP contribution in [0.1, 0.15) is 32.7 Å². The van der Waals surface area contributed by atoms with Crippen LogP contribution < -0.4 is 14.8 Å². The predicted octanol–water partition coefficient (Wildman–Crippen LogP) is 4.28. The van der Waals surface area contributed by atoms with Gasteiger partial charge in [0.15, 0.2) is 16.6 Å². The van der Waals surface area contributed by atoms with Crippen molar-refractivity contribution in [2.24, 2.45) is 0 Å². The van der Waals surface area contributed by atoms with Gasteiger partial charge in [0.25, 0.3) is 5.91 Å². The zero-order valence-electron chi connectivity index (χ0n) is 17.4. The second kappa shape index (κ2) is 8.85. The van der Waals surface area contributed by atoms with E-state index in [2.05, 4.69) is 27.3 Å². The summed E-state index contributed by atoms with van der Waals surface area (Å²) in [5.74, 6) is 1.40. The highest BCUT2D eigenvalue weighted by Gasteiger charge is 2.20. The number of carbonyl (C=O) groups is 1. The molecule has 0 fully saturated rings. The van der Waals surface area contributed by atoms with E-state index in [0.717, 1.165) is 48.8 Å². The Morgan fingerprint density at radius 1 is 1.13 bits per heavy atom. The third kappa shape index (κ3) is 4.47. The smallest absolute Gasteiger partial charge is 0.257 e. The van der Waals surface area contributed by atoms with Crippen molar-refractivity contribution in [1.29, 1.82) is 0 Å². The number of nitrogens with one attached hydrogen (secondary N) is 1. The molecule has 0 aliphatic carbocycles. The van der Waals surface area contributed by atoms with Crippen LogP contribution in [0.25, 0.3) is 0 Å². The monoisotopic (exact) mass is 423 g/mol. The maximum Gasteiger partial charge on any atom is 0.257 e. The molecule has 4 rings (SSSR count). The molecule has 2 aromatic carbocycles. The standard InChI is InChI=1S/C23H25N3O3S/c1-15-4-6-16(7-5-15)22(27)25-23-24-19(14-30-23)13-26-9-8-17-10-20(28-2)21(29-3)11-18(17)12-26/h4-7,10-11,14H,8-9,12-13H2,1-3H3,(H,24,25,27). The van der Waals surface area contributed by atoms with Gasteiger partial charge in [0, 0.05) is 30.6 Å². The average Bonchev–Trinajstić information content (AvgIpc) is 3.19. The Morgan fingerprint density at radius 3 is 2.53 bits per heavy atom. The molecule has 0 bridgehead atoms. The minimum absolute atomic E-state index is 0.135. The van der Waals surface area contributed by atoms with Gasteiger partial charge in [-0.1, -0.05) is 17.7 Å². The summed E-state index contributed by atoms with van der Waals surface area (Å²) in [4.78, 5) is 19.4. The molecule has 6 nitrogen and oxygen atoms in total. The molecule has 3 aromatic rings. The first-order valence-electron chi connectivity index (χ1n) is 9.84. The maximum absolute atomic E-state index is 12.4. The van der Waals surface area contributed by atoms with Gasteiger partial charge in [-0.15, -0.1) is 11.3 Å². The van der Waals surface area contributed by atoms with Gasteiger partial charge in [-0.25, -0.2) is 4.98 Å². The minimum atomic E-state index is -0.135. The molecule has 0 saturated heterocycles. The van der Waals surface area contributed by atoms with Crippen molar-refractivity contribution < 1.29 is 14.3 Å². The average molecular weight is 424 g/mol. The molecule has 0 radical (unpaired) electrons. The molecule has 7 heteroatoms. The Morgan fingerprint density at radius 2 is 1.83 bits per heavy atom. The van der Waals surface area contributed by atoms with E-state index < -0.39 is 0 Å². The van der Waals surface area contributed by atoms with Crippen molar-refractivity contribution in [3.05, 3.63) is 69.7 Å². The van der Waals surface area contributed by atoms with Crippen LogP contribution in [0.15, 0.2) is 41.8 Å². The molecule has 1 aliphatic rings.